The number of rotatable bonds is 2. The number of carbonyl (C=O) groups excluding carboxylic acids is 1. The number of aryl methyl sites for hydroxylation is 1. The second kappa shape index (κ2) is 5.68. The van der Waals surface area contributed by atoms with Crippen LogP contribution in [0.2, 0.25) is 0 Å². The van der Waals surface area contributed by atoms with Crippen LogP contribution in [0.25, 0.3) is 11.0 Å². The Morgan fingerprint density at radius 3 is 2.91 bits per heavy atom. The molecule has 1 N–H and O–H groups in total. The van der Waals surface area contributed by atoms with Crippen LogP contribution >= 0.6 is 0 Å². The predicted molar refractivity (Wildman–Crippen MR) is 86.0 cm³/mol. The summed E-state index contributed by atoms with van der Waals surface area (Å²) in [6.07, 6.45) is 1.77. The van der Waals surface area contributed by atoms with Crippen LogP contribution in [-0.2, 0) is 0 Å². The van der Waals surface area contributed by atoms with Crippen molar-refractivity contribution in [3.05, 3.63) is 23.5 Å². The van der Waals surface area contributed by atoms with Crippen molar-refractivity contribution in [1.82, 2.24) is 25.0 Å². The number of hydrogen-bond acceptors (Lipinski definition) is 4. The molecule has 1 saturated heterocycles. The summed E-state index contributed by atoms with van der Waals surface area (Å²) in [7, 11) is 0. The maximum absolute atomic E-state index is 13.0. The smallest absolute Gasteiger partial charge is 0.255 e. The summed E-state index contributed by atoms with van der Waals surface area (Å²) in [6.45, 7) is 10.6. The van der Waals surface area contributed by atoms with Crippen LogP contribution in [0.1, 0.15) is 42.9 Å². The van der Waals surface area contributed by atoms with Gasteiger partial charge in [0.15, 0.2) is 5.65 Å². The average molecular weight is 301 g/mol. The minimum absolute atomic E-state index is 0.0767. The molecule has 0 bridgehead atoms. The van der Waals surface area contributed by atoms with E-state index in [4.69, 9.17) is 0 Å². The van der Waals surface area contributed by atoms with Gasteiger partial charge < -0.3 is 10.2 Å². The van der Waals surface area contributed by atoms with E-state index < -0.39 is 0 Å². The summed E-state index contributed by atoms with van der Waals surface area (Å²) < 4.78 is 1.88. The molecular weight excluding hydrogens is 278 g/mol. The third-order valence-electron chi connectivity index (χ3n) is 4.18. The van der Waals surface area contributed by atoms with Gasteiger partial charge in [0, 0.05) is 37.4 Å². The number of pyridine rings is 1. The van der Waals surface area contributed by atoms with Crippen LogP contribution in [0.3, 0.4) is 0 Å². The van der Waals surface area contributed by atoms with Crippen molar-refractivity contribution in [2.75, 3.05) is 19.6 Å². The van der Waals surface area contributed by atoms with Gasteiger partial charge in [0.1, 0.15) is 0 Å². The summed E-state index contributed by atoms with van der Waals surface area (Å²) in [5.74, 6) is 0.0767. The van der Waals surface area contributed by atoms with Crippen LogP contribution in [-0.4, -0.2) is 51.2 Å². The molecule has 1 fully saturated rings. The Morgan fingerprint density at radius 1 is 1.45 bits per heavy atom. The molecule has 3 rings (SSSR count). The Labute approximate surface area is 130 Å². The molecule has 6 nitrogen and oxygen atoms in total. The molecule has 1 aliphatic rings. The largest absolute Gasteiger partial charge is 0.333 e. The lowest BCUT2D eigenvalue weighted by Gasteiger charge is -2.34. The molecule has 2 aromatic rings. The minimum atomic E-state index is 0.0767. The second-order valence-electron chi connectivity index (χ2n) is 6.28. The fourth-order valence-corrected chi connectivity index (χ4v) is 3.00. The molecule has 0 aromatic carbocycles. The van der Waals surface area contributed by atoms with Gasteiger partial charge in [-0.1, -0.05) is 0 Å². The van der Waals surface area contributed by atoms with Crippen molar-refractivity contribution in [1.29, 1.82) is 0 Å². The summed E-state index contributed by atoms with van der Waals surface area (Å²) in [5, 5.41) is 8.57. The molecule has 22 heavy (non-hydrogen) atoms. The van der Waals surface area contributed by atoms with E-state index in [9.17, 15) is 4.79 Å². The molecule has 0 radical (unpaired) electrons. The zero-order valence-electron chi connectivity index (χ0n) is 13.6. The fraction of sp³-hybridized carbons (Fsp3) is 0.562. The molecule has 1 unspecified atom stereocenters. The number of aromatic nitrogens is 3. The van der Waals surface area contributed by atoms with Crippen molar-refractivity contribution in [2.24, 2.45) is 0 Å². The molecule has 0 saturated carbocycles. The van der Waals surface area contributed by atoms with Crippen LogP contribution in [0.4, 0.5) is 0 Å². The van der Waals surface area contributed by atoms with E-state index >= 15 is 0 Å². The first kappa shape index (κ1) is 15.0. The van der Waals surface area contributed by atoms with E-state index in [1.54, 1.807) is 6.20 Å². The van der Waals surface area contributed by atoms with Gasteiger partial charge in [-0.25, -0.2) is 9.67 Å². The van der Waals surface area contributed by atoms with Gasteiger partial charge in [0.05, 0.1) is 17.1 Å². The van der Waals surface area contributed by atoms with Crippen LogP contribution in [0, 0.1) is 6.92 Å². The van der Waals surface area contributed by atoms with Gasteiger partial charge >= 0.3 is 0 Å². The molecule has 1 atom stereocenters. The van der Waals surface area contributed by atoms with E-state index in [1.165, 1.54) is 0 Å². The normalized spacial score (nSPS) is 19.1. The van der Waals surface area contributed by atoms with Gasteiger partial charge in [-0.2, -0.15) is 5.10 Å². The maximum atomic E-state index is 13.0. The number of carbonyl (C=O) groups is 1. The first-order valence-electron chi connectivity index (χ1n) is 7.85. The molecule has 2 aromatic heterocycles. The SMILES string of the molecule is Cc1cc(C(=O)N2CCNCC2C)c2cnn(C(C)C)c2n1. The first-order valence-corrected chi connectivity index (χ1v) is 7.85. The molecule has 6 heteroatoms. The Morgan fingerprint density at radius 2 is 2.23 bits per heavy atom. The van der Waals surface area contributed by atoms with Crippen LogP contribution in [0.15, 0.2) is 12.3 Å². The molecule has 1 amide bonds. The average Bonchev–Trinajstić information content (AvgIpc) is 2.90. The molecule has 0 aliphatic carbocycles. The van der Waals surface area contributed by atoms with E-state index in [-0.39, 0.29) is 18.0 Å². The summed E-state index contributed by atoms with van der Waals surface area (Å²) in [4.78, 5) is 19.5. The molecular formula is C16H23N5O. The molecule has 118 valence electrons. The van der Waals surface area contributed by atoms with Crippen molar-refractivity contribution >= 4 is 16.9 Å². The highest BCUT2D eigenvalue weighted by Gasteiger charge is 2.26. The number of amides is 1. The Kier molecular flexibility index (Phi) is 3.87. The Bertz CT molecular complexity index is 706. The van der Waals surface area contributed by atoms with Crippen molar-refractivity contribution in [3.63, 3.8) is 0 Å². The Hall–Kier alpha value is -1.95. The third kappa shape index (κ3) is 2.47. The number of nitrogens with zero attached hydrogens (tertiary/aromatic N) is 4. The van der Waals surface area contributed by atoms with E-state index in [1.807, 2.05) is 22.6 Å². The van der Waals surface area contributed by atoms with E-state index in [2.05, 4.69) is 36.2 Å². The van der Waals surface area contributed by atoms with Crippen LogP contribution < -0.4 is 5.32 Å². The molecule has 3 heterocycles. The zero-order chi connectivity index (χ0) is 15.9. The van der Waals surface area contributed by atoms with Crippen molar-refractivity contribution in [3.8, 4) is 0 Å². The van der Waals surface area contributed by atoms with Crippen LogP contribution in [0.5, 0.6) is 0 Å². The number of piperazine rings is 1. The highest BCUT2D eigenvalue weighted by atomic mass is 16.2. The van der Waals surface area contributed by atoms with Gasteiger partial charge in [-0.05, 0) is 33.8 Å². The first-order chi connectivity index (χ1) is 10.5. The summed E-state index contributed by atoms with van der Waals surface area (Å²) in [6, 6.07) is 2.30. The predicted octanol–water partition coefficient (Wildman–Crippen LogP) is 1.75. The van der Waals surface area contributed by atoms with Crippen molar-refractivity contribution in [2.45, 2.75) is 39.8 Å². The lowest BCUT2D eigenvalue weighted by atomic mass is 10.1. The lowest BCUT2D eigenvalue weighted by Crippen LogP contribution is -2.52. The number of fused-ring (bicyclic) bond motifs is 1. The summed E-state index contributed by atoms with van der Waals surface area (Å²) in [5.41, 5.74) is 2.35. The molecule has 1 aliphatic heterocycles. The van der Waals surface area contributed by atoms with Gasteiger partial charge in [-0.15, -0.1) is 0 Å². The maximum Gasteiger partial charge on any atom is 0.255 e. The topological polar surface area (TPSA) is 63.1 Å². The highest BCUT2D eigenvalue weighted by Crippen LogP contribution is 2.23. The second-order valence-corrected chi connectivity index (χ2v) is 6.28. The summed E-state index contributed by atoms with van der Waals surface area (Å²) >= 11 is 0. The fourth-order valence-electron chi connectivity index (χ4n) is 3.00. The number of hydrogen-bond donors (Lipinski definition) is 1. The quantitative estimate of drug-likeness (QED) is 0.918. The zero-order valence-corrected chi connectivity index (χ0v) is 13.6. The van der Waals surface area contributed by atoms with Gasteiger partial charge in [0.25, 0.3) is 5.91 Å². The highest BCUT2D eigenvalue weighted by molar-refractivity contribution is 6.05. The minimum Gasteiger partial charge on any atom is -0.333 e. The van der Waals surface area contributed by atoms with Crippen molar-refractivity contribution < 1.29 is 4.79 Å². The van der Waals surface area contributed by atoms with Gasteiger partial charge in [-0.3, -0.25) is 4.79 Å². The Balaban J connectivity index is 2.08. The molecule has 0 spiro atoms. The lowest BCUT2D eigenvalue weighted by molar-refractivity contribution is 0.0657. The monoisotopic (exact) mass is 301 g/mol. The standard InChI is InChI=1S/C16H23N5O/c1-10(2)21-15-14(9-18-21)13(7-11(3)19-15)16(22)20-6-5-17-8-12(20)4/h7,9-10,12,17H,5-6,8H2,1-4H3. The number of nitrogens with one attached hydrogen (secondary N) is 1. The van der Waals surface area contributed by atoms with Gasteiger partial charge in [0.2, 0.25) is 0 Å². The van der Waals surface area contributed by atoms with E-state index in [0.717, 1.165) is 36.4 Å². The van der Waals surface area contributed by atoms with E-state index in [0.29, 0.717) is 5.56 Å². The third-order valence-corrected chi connectivity index (χ3v) is 4.18.